The average molecular weight is 630 g/mol. The Morgan fingerprint density at radius 2 is 0.955 bits per heavy atom. The van der Waals surface area contributed by atoms with Crippen LogP contribution in [0, 0.1) is 0 Å². The largest absolute Gasteiger partial charge is 0.460 e. The molecule has 0 spiro atoms. The van der Waals surface area contributed by atoms with Crippen molar-refractivity contribution in [1.29, 1.82) is 0 Å². The first-order chi connectivity index (χ1) is 21.8. The van der Waals surface area contributed by atoms with Gasteiger partial charge in [-0.25, -0.2) is 4.79 Å². The summed E-state index contributed by atoms with van der Waals surface area (Å²) in [6.07, 6.45) is 3.95. The minimum Gasteiger partial charge on any atom is -0.460 e. The summed E-state index contributed by atoms with van der Waals surface area (Å²) >= 11 is 0. The highest BCUT2D eigenvalue weighted by Crippen LogP contribution is 2.10. The van der Waals surface area contributed by atoms with Gasteiger partial charge in [0.05, 0.1) is 124 Å². The normalized spacial score (nSPS) is 11.1. The van der Waals surface area contributed by atoms with E-state index in [0.717, 1.165) is 25.1 Å². The van der Waals surface area contributed by atoms with Crippen LogP contribution in [0.15, 0.2) is 36.9 Å². The van der Waals surface area contributed by atoms with Crippen molar-refractivity contribution in [2.45, 2.75) is 19.8 Å². The molecular weight excluding hydrogens is 574 g/mol. The number of carbonyl (C=O) groups excluding carboxylic acids is 1. The monoisotopic (exact) mass is 629 g/mol. The van der Waals surface area contributed by atoms with E-state index in [1.165, 1.54) is 0 Å². The molecule has 1 aromatic carbocycles. The van der Waals surface area contributed by atoms with Crippen molar-refractivity contribution in [1.82, 2.24) is 0 Å². The zero-order valence-electron chi connectivity index (χ0n) is 26.6. The van der Waals surface area contributed by atoms with Crippen molar-refractivity contribution in [3.63, 3.8) is 0 Å². The maximum absolute atomic E-state index is 12.1. The number of esters is 1. The van der Waals surface area contributed by atoms with Gasteiger partial charge in [0, 0.05) is 12.2 Å². The summed E-state index contributed by atoms with van der Waals surface area (Å²) < 4.78 is 54.0. The van der Waals surface area contributed by atoms with Gasteiger partial charge in [0.25, 0.3) is 0 Å². The molecule has 0 heterocycles. The molecule has 0 saturated carbocycles. The third kappa shape index (κ3) is 26.3. The topological polar surface area (TPSA) is 121 Å². The summed E-state index contributed by atoms with van der Waals surface area (Å²) in [5.41, 5.74) is 1.52. The predicted molar refractivity (Wildman–Crippen MR) is 168 cm³/mol. The SMILES string of the molecule is C=CCOCCOCCOCCOCCOCCOCCOCCOCCOCCOC(=O)c1ccc(NCCCC)cc1. The molecule has 254 valence electrons. The second-order valence-corrected chi connectivity index (χ2v) is 9.26. The van der Waals surface area contributed by atoms with Gasteiger partial charge in [0.15, 0.2) is 0 Å². The molecule has 1 N–H and O–H groups in total. The first kappa shape index (κ1) is 39.9. The van der Waals surface area contributed by atoms with Crippen LogP contribution in [0.4, 0.5) is 5.69 Å². The minimum atomic E-state index is -0.359. The fraction of sp³-hybridized carbons (Fsp3) is 0.719. The van der Waals surface area contributed by atoms with Gasteiger partial charge in [-0.05, 0) is 30.7 Å². The molecule has 0 aliphatic rings. The average Bonchev–Trinajstić information content (AvgIpc) is 3.04. The van der Waals surface area contributed by atoms with E-state index in [-0.39, 0.29) is 12.6 Å². The van der Waals surface area contributed by atoms with Gasteiger partial charge in [-0.15, -0.1) is 6.58 Å². The predicted octanol–water partition coefficient (Wildman–Crippen LogP) is 3.39. The van der Waals surface area contributed by atoms with Gasteiger partial charge in [-0.1, -0.05) is 19.4 Å². The summed E-state index contributed by atoms with van der Waals surface area (Å²) in [5, 5.41) is 3.32. The lowest BCUT2D eigenvalue weighted by molar-refractivity contribution is -0.0256. The second-order valence-electron chi connectivity index (χ2n) is 9.26. The summed E-state index contributed by atoms with van der Waals surface area (Å²) in [6.45, 7) is 15.7. The zero-order valence-corrected chi connectivity index (χ0v) is 26.6. The van der Waals surface area contributed by atoms with Crippen molar-refractivity contribution >= 4 is 11.7 Å². The van der Waals surface area contributed by atoms with E-state index in [4.69, 9.17) is 47.4 Å². The Bertz CT molecular complexity index is 767. The number of hydrogen-bond acceptors (Lipinski definition) is 12. The molecule has 12 nitrogen and oxygen atoms in total. The van der Waals surface area contributed by atoms with Crippen LogP contribution in [0.25, 0.3) is 0 Å². The molecule has 0 saturated heterocycles. The highest BCUT2D eigenvalue weighted by atomic mass is 16.6. The molecule has 0 atom stereocenters. The van der Waals surface area contributed by atoms with Gasteiger partial charge in [0.1, 0.15) is 6.61 Å². The Balaban J connectivity index is 1.72. The van der Waals surface area contributed by atoms with Crippen molar-refractivity contribution in [3.8, 4) is 0 Å². The van der Waals surface area contributed by atoms with Crippen LogP contribution in [0.1, 0.15) is 30.1 Å². The lowest BCUT2D eigenvalue weighted by Gasteiger charge is -2.09. The number of unbranched alkanes of at least 4 members (excludes halogenated alkanes) is 1. The molecule has 0 amide bonds. The van der Waals surface area contributed by atoms with Crippen LogP contribution in [0.2, 0.25) is 0 Å². The summed E-state index contributed by atoms with van der Waals surface area (Å²) in [4.78, 5) is 12.1. The molecule has 0 fully saturated rings. The molecular formula is C32H55NO11. The number of rotatable bonds is 34. The van der Waals surface area contributed by atoms with Gasteiger partial charge >= 0.3 is 5.97 Å². The number of benzene rings is 1. The number of hydrogen-bond donors (Lipinski definition) is 1. The number of nitrogens with one attached hydrogen (secondary N) is 1. The Hall–Kier alpha value is -2.13. The lowest BCUT2D eigenvalue weighted by Crippen LogP contribution is -2.15. The maximum Gasteiger partial charge on any atom is 0.338 e. The van der Waals surface area contributed by atoms with Gasteiger partial charge in [0.2, 0.25) is 0 Å². The van der Waals surface area contributed by atoms with Crippen LogP contribution >= 0.6 is 0 Å². The van der Waals surface area contributed by atoms with Crippen LogP contribution in [-0.4, -0.2) is 138 Å². The van der Waals surface area contributed by atoms with E-state index in [2.05, 4.69) is 18.8 Å². The van der Waals surface area contributed by atoms with Gasteiger partial charge in [-0.3, -0.25) is 0 Å². The smallest absolute Gasteiger partial charge is 0.338 e. The molecule has 44 heavy (non-hydrogen) atoms. The molecule has 0 aliphatic heterocycles. The number of carbonyl (C=O) groups is 1. The van der Waals surface area contributed by atoms with Gasteiger partial charge < -0.3 is 52.7 Å². The highest BCUT2D eigenvalue weighted by Gasteiger charge is 2.06. The third-order valence-corrected chi connectivity index (χ3v) is 5.65. The molecule has 12 heteroatoms. The van der Waals surface area contributed by atoms with E-state index in [1.54, 1.807) is 18.2 Å². The number of anilines is 1. The zero-order chi connectivity index (χ0) is 31.6. The molecule has 1 aromatic rings. The van der Waals surface area contributed by atoms with Gasteiger partial charge in [-0.2, -0.15) is 0 Å². The standard InChI is InChI=1S/C32H55NO11/c1-3-5-10-33-31-8-6-30(7-9-31)32(34)44-29-28-43-27-26-42-25-24-41-23-22-40-21-20-39-19-18-38-17-16-37-15-14-36-13-12-35-11-4-2/h4,6-9,33H,2-3,5,10-29H2,1H3. The number of ether oxygens (including phenoxy) is 10. The molecule has 0 radical (unpaired) electrons. The van der Waals surface area contributed by atoms with E-state index in [1.807, 2.05) is 12.1 Å². The summed E-state index contributed by atoms with van der Waals surface area (Å²) in [7, 11) is 0. The molecule has 0 aliphatic carbocycles. The van der Waals surface area contributed by atoms with Crippen molar-refractivity contribution in [2.24, 2.45) is 0 Å². The van der Waals surface area contributed by atoms with E-state index < -0.39 is 0 Å². The van der Waals surface area contributed by atoms with Crippen molar-refractivity contribution < 1.29 is 52.2 Å². The van der Waals surface area contributed by atoms with E-state index >= 15 is 0 Å². The molecule has 0 aromatic heterocycles. The Morgan fingerprint density at radius 3 is 1.32 bits per heavy atom. The summed E-state index contributed by atoms with van der Waals surface area (Å²) in [5.74, 6) is -0.359. The summed E-state index contributed by atoms with van der Waals surface area (Å²) in [6, 6.07) is 7.29. The third-order valence-electron chi connectivity index (χ3n) is 5.65. The lowest BCUT2D eigenvalue weighted by atomic mass is 10.2. The molecule has 1 rings (SSSR count). The second kappa shape index (κ2) is 32.3. The maximum atomic E-state index is 12.1. The van der Waals surface area contributed by atoms with Crippen LogP contribution < -0.4 is 5.32 Å². The molecule has 0 bridgehead atoms. The quantitative estimate of drug-likeness (QED) is 0.0683. The Labute approximate surface area is 263 Å². The molecule has 0 unspecified atom stereocenters. The van der Waals surface area contributed by atoms with Crippen molar-refractivity contribution in [2.75, 3.05) is 137 Å². The Kier molecular flexibility index (Phi) is 29.3. The van der Waals surface area contributed by atoms with E-state index in [0.29, 0.717) is 124 Å². The first-order valence-corrected chi connectivity index (χ1v) is 15.6. The van der Waals surface area contributed by atoms with Crippen LogP contribution in [0.3, 0.4) is 0 Å². The van der Waals surface area contributed by atoms with Crippen LogP contribution in [0.5, 0.6) is 0 Å². The van der Waals surface area contributed by atoms with Crippen LogP contribution in [-0.2, 0) is 47.4 Å². The fourth-order valence-corrected chi connectivity index (χ4v) is 3.34. The van der Waals surface area contributed by atoms with E-state index in [9.17, 15) is 4.79 Å². The minimum absolute atomic E-state index is 0.193. The highest BCUT2D eigenvalue weighted by molar-refractivity contribution is 5.89. The van der Waals surface area contributed by atoms with Crippen molar-refractivity contribution in [3.05, 3.63) is 42.5 Å². The first-order valence-electron chi connectivity index (χ1n) is 15.6. The fourth-order valence-electron chi connectivity index (χ4n) is 3.34. The Morgan fingerprint density at radius 1 is 0.591 bits per heavy atom.